The van der Waals surface area contributed by atoms with Crippen LogP contribution in [0.5, 0.6) is 0 Å². The van der Waals surface area contributed by atoms with Gasteiger partial charge in [-0.25, -0.2) is 9.97 Å². The molecule has 2 heterocycles. The first kappa shape index (κ1) is 11.3. The molecule has 0 aromatic carbocycles. The van der Waals surface area contributed by atoms with Crippen molar-refractivity contribution in [1.82, 2.24) is 20.3 Å². The number of nitrogens with zero attached hydrogens (tertiary/aromatic N) is 2. The third kappa shape index (κ3) is 2.90. The molecule has 2 aromatic rings. The Hall–Kier alpha value is -1.20. The Bertz CT molecular complexity index is 453. The molecule has 0 atom stereocenters. The minimum atomic E-state index is 0.739. The standard InChI is InChI=1S/C11H13BrN4/c1-8-4-10(12)16-6-9(8)5-13-7-11-14-2-3-15-11/h2-4,6,13H,5,7H2,1H3,(H,14,15). The van der Waals surface area contributed by atoms with Crippen LogP contribution in [0.1, 0.15) is 17.0 Å². The molecule has 0 aliphatic rings. The predicted molar refractivity (Wildman–Crippen MR) is 65.8 cm³/mol. The van der Waals surface area contributed by atoms with E-state index in [0.29, 0.717) is 0 Å². The Labute approximate surface area is 103 Å². The number of aromatic amines is 1. The van der Waals surface area contributed by atoms with Crippen molar-refractivity contribution in [1.29, 1.82) is 0 Å². The van der Waals surface area contributed by atoms with Crippen molar-refractivity contribution in [3.63, 3.8) is 0 Å². The van der Waals surface area contributed by atoms with Crippen LogP contribution in [-0.4, -0.2) is 15.0 Å². The van der Waals surface area contributed by atoms with Gasteiger partial charge in [-0.1, -0.05) is 0 Å². The lowest BCUT2D eigenvalue weighted by atomic mass is 10.1. The van der Waals surface area contributed by atoms with Crippen LogP contribution in [0.4, 0.5) is 0 Å². The van der Waals surface area contributed by atoms with Gasteiger partial charge < -0.3 is 10.3 Å². The third-order valence-corrected chi connectivity index (χ3v) is 2.78. The normalized spacial score (nSPS) is 10.6. The maximum atomic E-state index is 4.21. The van der Waals surface area contributed by atoms with Crippen molar-refractivity contribution in [3.05, 3.63) is 46.2 Å². The maximum absolute atomic E-state index is 4.21. The average Bonchev–Trinajstić information content (AvgIpc) is 2.74. The second kappa shape index (κ2) is 5.23. The van der Waals surface area contributed by atoms with Gasteiger partial charge in [-0.2, -0.15) is 0 Å². The molecular weight excluding hydrogens is 268 g/mol. The molecule has 0 aliphatic heterocycles. The molecule has 0 fully saturated rings. The lowest BCUT2D eigenvalue weighted by molar-refractivity contribution is 0.664. The number of hydrogen-bond donors (Lipinski definition) is 2. The van der Waals surface area contributed by atoms with Crippen molar-refractivity contribution < 1.29 is 0 Å². The van der Waals surface area contributed by atoms with E-state index in [9.17, 15) is 0 Å². The highest BCUT2D eigenvalue weighted by molar-refractivity contribution is 9.10. The molecule has 84 valence electrons. The molecule has 2 N–H and O–H groups in total. The fraction of sp³-hybridized carbons (Fsp3) is 0.273. The van der Waals surface area contributed by atoms with Crippen LogP contribution in [-0.2, 0) is 13.1 Å². The average molecular weight is 281 g/mol. The minimum absolute atomic E-state index is 0.739. The Morgan fingerprint density at radius 1 is 1.38 bits per heavy atom. The van der Waals surface area contributed by atoms with Crippen LogP contribution < -0.4 is 5.32 Å². The van der Waals surface area contributed by atoms with Crippen LogP contribution in [0.25, 0.3) is 0 Å². The van der Waals surface area contributed by atoms with E-state index in [4.69, 9.17) is 0 Å². The van der Waals surface area contributed by atoms with Gasteiger partial charge in [-0.05, 0) is 40.0 Å². The molecule has 0 saturated heterocycles. The number of aryl methyl sites for hydroxylation is 1. The largest absolute Gasteiger partial charge is 0.348 e. The Balaban J connectivity index is 1.90. The molecular formula is C11H13BrN4. The summed E-state index contributed by atoms with van der Waals surface area (Å²) in [6.45, 7) is 3.62. The second-order valence-electron chi connectivity index (χ2n) is 3.57. The fourth-order valence-corrected chi connectivity index (χ4v) is 1.89. The fourth-order valence-electron chi connectivity index (χ4n) is 1.45. The smallest absolute Gasteiger partial charge is 0.120 e. The molecule has 2 rings (SSSR count). The number of aromatic nitrogens is 3. The Morgan fingerprint density at radius 3 is 2.94 bits per heavy atom. The third-order valence-electron chi connectivity index (χ3n) is 2.35. The monoisotopic (exact) mass is 280 g/mol. The van der Waals surface area contributed by atoms with Gasteiger partial charge in [-0.3, -0.25) is 0 Å². The number of pyridine rings is 1. The lowest BCUT2D eigenvalue weighted by Crippen LogP contribution is -2.14. The van der Waals surface area contributed by atoms with Crippen molar-refractivity contribution in [2.45, 2.75) is 20.0 Å². The maximum Gasteiger partial charge on any atom is 0.120 e. The summed E-state index contributed by atoms with van der Waals surface area (Å²) >= 11 is 3.35. The molecule has 0 bridgehead atoms. The summed E-state index contributed by atoms with van der Waals surface area (Å²) in [5.41, 5.74) is 2.43. The molecule has 0 radical (unpaired) electrons. The zero-order valence-corrected chi connectivity index (χ0v) is 10.6. The van der Waals surface area contributed by atoms with E-state index in [0.717, 1.165) is 23.5 Å². The highest BCUT2D eigenvalue weighted by Gasteiger charge is 2.00. The SMILES string of the molecule is Cc1cc(Br)ncc1CNCc1ncc[nH]1. The summed E-state index contributed by atoms with van der Waals surface area (Å²) in [7, 11) is 0. The van der Waals surface area contributed by atoms with E-state index in [1.165, 1.54) is 11.1 Å². The van der Waals surface area contributed by atoms with Crippen LogP contribution in [0, 0.1) is 6.92 Å². The second-order valence-corrected chi connectivity index (χ2v) is 4.39. The Kier molecular flexibility index (Phi) is 3.69. The van der Waals surface area contributed by atoms with Crippen LogP contribution in [0.3, 0.4) is 0 Å². The topological polar surface area (TPSA) is 53.6 Å². The van der Waals surface area contributed by atoms with Crippen molar-refractivity contribution >= 4 is 15.9 Å². The van der Waals surface area contributed by atoms with Gasteiger partial charge in [0.25, 0.3) is 0 Å². The highest BCUT2D eigenvalue weighted by atomic mass is 79.9. The van der Waals surface area contributed by atoms with E-state index in [-0.39, 0.29) is 0 Å². The van der Waals surface area contributed by atoms with Crippen LogP contribution >= 0.6 is 15.9 Å². The van der Waals surface area contributed by atoms with Gasteiger partial charge in [-0.15, -0.1) is 0 Å². The molecule has 0 saturated carbocycles. The first-order valence-electron chi connectivity index (χ1n) is 5.05. The summed E-state index contributed by atoms with van der Waals surface area (Å²) in [5.74, 6) is 0.947. The van der Waals surface area contributed by atoms with Gasteiger partial charge in [0.15, 0.2) is 0 Å². The number of H-pyrrole nitrogens is 1. The first-order chi connectivity index (χ1) is 7.75. The van der Waals surface area contributed by atoms with Crippen LogP contribution in [0.2, 0.25) is 0 Å². The number of nitrogens with one attached hydrogen (secondary N) is 2. The lowest BCUT2D eigenvalue weighted by Gasteiger charge is -2.06. The number of hydrogen-bond acceptors (Lipinski definition) is 3. The highest BCUT2D eigenvalue weighted by Crippen LogP contribution is 2.12. The predicted octanol–water partition coefficient (Wildman–Crippen LogP) is 2.17. The Morgan fingerprint density at radius 2 is 2.25 bits per heavy atom. The van der Waals surface area contributed by atoms with E-state index in [2.05, 4.69) is 43.1 Å². The zero-order valence-electron chi connectivity index (χ0n) is 9.00. The number of halogens is 1. The van der Waals surface area contributed by atoms with Crippen molar-refractivity contribution in [2.75, 3.05) is 0 Å². The van der Waals surface area contributed by atoms with Crippen LogP contribution in [0.15, 0.2) is 29.3 Å². The summed E-state index contributed by atoms with van der Waals surface area (Å²) in [4.78, 5) is 11.4. The van der Waals surface area contributed by atoms with E-state index in [1.807, 2.05) is 18.5 Å². The van der Waals surface area contributed by atoms with Gasteiger partial charge in [0.05, 0.1) is 6.54 Å². The van der Waals surface area contributed by atoms with Gasteiger partial charge in [0.1, 0.15) is 10.4 Å². The van der Waals surface area contributed by atoms with Gasteiger partial charge >= 0.3 is 0 Å². The summed E-state index contributed by atoms with van der Waals surface area (Å²) in [6.07, 6.45) is 5.46. The number of imidazole rings is 1. The number of rotatable bonds is 4. The van der Waals surface area contributed by atoms with Crippen molar-refractivity contribution in [3.8, 4) is 0 Å². The molecule has 0 aliphatic carbocycles. The summed E-state index contributed by atoms with van der Waals surface area (Å²) in [6, 6.07) is 2.02. The van der Waals surface area contributed by atoms with E-state index >= 15 is 0 Å². The summed E-state index contributed by atoms with van der Waals surface area (Å²) in [5, 5.41) is 3.32. The van der Waals surface area contributed by atoms with Gasteiger partial charge in [0.2, 0.25) is 0 Å². The first-order valence-corrected chi connectivity index (χ1v) is 5.85. The molecule has 2 aromatic heterocycles. The molecule has 5 heteroatoms. The molecule has 16 heavy (non-hydrogen) atoms. The molecule has 0 amide bonds. The minimum Gasteiger partial charge on any atom is -0.348 e. The van der Waals surface area contributed by atoms with E-state index < -0.39 is 0 Å². The van der Waals surface area contributed by atoms with E-state index in [1.54, 1.807) is 6.20 Å². The molecule has 4 nitrogen and oxygen atoms in total. The molecule has 0 spiro atoms. The van der Waals surface area contributed by atoms with Crippen molar-refractivity contribution in [2.24, 2.45) is 0 Å². The quantitative estimate of drug-likeness (QED) is 0.844. The zero-order chi connectivity index (χ0) is 11.4. The van der Waals surface area contributed by atoms with Gasteiger partial charge in [0, 0.05) is 25.1 Å². The molecule has 0 unspecified atom stereocenters. The summed E-state index contributed by atoms with van der Waals surface area (Å²) < 4.78 is 0.875.